The Morgan fingerprint density at radius 3 is 2.56 bits per heavy atom. The standard InChI is InChI=1S/C18H10F3NO3/c1-24-14-6-5-12-13(23)8-15(18(19,20)21)25-17(12)16(14)11-4-2-3-10(7-11)9-22/h2-8H,1H3. The van der Waals surface area contributed by atoms with E-state index in [4.69, 9.17) is 14.4 Å². The predicted molar refractivity (Wildman–Crippen MR) is 84.2 cm³/mol. The molecule has 0 unspecified atom stereocenters. The van der Waals surface area contributed by atoms with Crippen LogP contribution in [0.3, 0.4) is 0 Å². The van der Waals surface area contributed by atoms with Gasteiger partial charge in [0, 0.05) is 6.07 Å². The lowest BCUT2D eigenvalue weighted by atomic mass is 9.99. The normalized spacial score (nSPS) is 11.3. The third-order valence-electron chi connectivity index (χ3n) is 3.64. The summed E-state index contributed by atoms with van der Waals surface area (Å²) in [5.74, 6) is -1.17. The molecule has 25 heavy (non-hydrogen) atoms. The molecule has 0 bridgehead atoms. The smallest absolute Gasteiger partial charge is 0.449 e. The first-order chi connectivity index (χ1) is 11.8. The number of rotatable bonds is 2. The van der Waals surface area contributed by atoms with Gasteiger partial charge in [-0.3, -0.25) is 4.79 Å². The van der Waals surface area contributed by atoms with Crippen LogP contribution in [0, 0.1) is 11.3 Å². The van der Waals surface area contributed by atoms with Crippen molar-refractivity contribution in [3.05, 3.63) is 64.0 Å². The topological polar surface area (TPSA) is 63.2 Å². The molecule has 0 N–H and O–H groups in total. The van der Waals surface area contributed by atoms with Gasteiger partial charge in [0.1, 0.15) is 11.3 Å². The van der Waals surface area contributed by atoms with E-state index in [9.17, 15) is 18.0 Å². The molecule has 4 nitrogen and oxygen atoms in total. The van der Waals surface area contributed by atoms with Crippen molar-refractivity contribution in [2.24, 2.45) is 0 Å². The first-order valence-corrected chi connectivity index (χ1v) is 7.07. The predicted octanol–water partition coefficient (Wildman–Crippen LogP) is 4.36. The average Bonchev–Trinajstić information content (AvgIpc) is 2.59. The Morgan fingerprint density at radius 1 is 1.16 bits per heavy atom. The van der Waals surface area contributed by atoms with E-state index in [0.29, 0.717) is 17.2 Å². The van der Waals surface area contributed by atoms with Gasteiger partial charge in [0.25, 0.3) is 0 Å². The van der Waals surface area contributed by atoms with E-state index in [-0.39, 0.29) is 22.3 Å². The first kappa shape index (κ1) is 16.6. The monoisotopic (exact) mass is 345 g/mol. The molecule has 0 aliphatic rings. The molecule has 0 radical (unpaired) electrons. The highest BCUT2D eigenvalue weighted by Crippen LogP contribution is 2.39. The molecule has 0 spiro atoms. The van der Waals surface area contributed by atoms with Gasteiger partial charge in [-0.1, -0.05) is 12.1 Å². The van der Waals surface area contributed by atoms with E-state index in [1.54, 1.807) is 18.2 Å². The molecule has 0 saturated heterocycles. The fourth-order valence-electron chi connectivity index (χ4n) is 2.53. The van der Waals surface area contributed by atoms with Crippen molar-refractivity contribution in [3.63, 3.8) is 0 Å². The zero-order valence-electron chi connectivity index (χ0n) is 12.8. The summed E-state index contributed by atoms with van der Waals surface area (Å²) in [7, 11) is 1.35. The van der Waals surface area contributed by atoms with Crippen LogP contribution in [0.15, 0.2) is 51.7 Å². The maximum atomic E-state index is 13.0. The minimum Gasteiger partial charge on any atom is -0.496 e. The van der Waals surface area contributed by atoms with Gasteiger partial charge >= 0.3 is 6.18 Å². The lowest BCUT2D eigenvalue weighted by Crippen LogP contribution is -2.11. The van der Waals surface area contributed by atoms with Crippen molar-refractivity contribution in [2.45, 2.75) is 6.18 Å². The van der Waals surface area contributed by atoms with Crippen LogP contribution in [0.4, 0.5) is 13.2 Å². The number of hydrogen-bond donors (Lipinski definition) is 0. The van der Waals surface area contributed by atoms with Crippen molar-refractivity contribution >= 4 is 11.0 Å². The zero-order chi connectivity index (χ0) is 18.2. The van der Waals surface area contributed by atoms with Crippen molar-refractivity contribution in [1.82, 2.24) is 0 Å². The van der Waals surface area contributed by atoms with Crippen LogP contribution >= 0.6 is 0 Å². The second-order valence-electron chi connectivity index (χ2n) is 5.18. The van der Waals surface area contributed by atoms with Gasteiger partial charge in [0.2, 0.25) is 5.76 Å². The molecule has 1 aromatic heterocycles. The highest BCUT2D eigenvalue weighted by atomic mass is 19.4. The van der Waals surface area contributed by atoms with Crippen molar-refractivity contribution in [3.8, 4) is 22.9 Å². The summed E-state index contributed by atoms with van der Waals surface area (Å²) in [6.45, 7) is 0. The zero-order valence-corrected chi connectivity index (χ0v) is 12.8. The molecule has 3 aromatic rings. The molecule has 0 fully saturated rings. The molecular weight excluding hydrogens is 335 g/mol. The number of nitriles is 1. The highest BCUT2D eigenvalue weighted by molar-refractivity contribution is 5.95. The fraction of sp³-hybridized carbons (Fsp3) is 0.111. The highest BCUT2D eigenvalue weighted by Gasteiger charge is 2.35. The number of nitrogens with zero attached hydrogens (tertiary/aromatic N) is 1. The van der Waals surface area contributed by atoms with Gasteiger partial charge in [-0.05, 0) is 29.8 Å². The van der Waals surface area contributed by atoms with E-state index in [1.165, 1.54) is 25.3 Å². The van der Waals surface area contributed by atoms with Crippen molar-refractivity contribution < 1.29 is 22.3 Å². The van der Waals surface area contributed by atoms with E-state index < -0.39 is 17.4 Å². The largest absolute Gasteiger partial charge is 0.496 e. The molecule has 3 rings (SSSR count). The maximum Gasteiger partial charge on any atom is 0.449 e. The summed E-state index contributed by atoms with van der Waals surface area (Å²) in [6.07, 6.45) is -4.80. The van der Waals surface area contributed by atoms with Crippen LogP contribution in [0.1, 0.15) is 11.3 Å². The van der Waals surface area contributed by atoms with Crippen LogP contribution in [-0.2, 0) is 6.18 Å². The summed E-state index contributed by atoms with van der Waals surface area (Å²) in [5, 5.41) is 9.03. The molecule has 1 heterocycles. The average molecular weight is 345 g/mol. The second kappa shape index (κ2) is 5.98. The van der Waals surface area contributed by atoms with E-state index in [0.717, 1.165) is 0 Å². The van der Waals surface area contributed by atoms with E-state index in [1.807, 2.05) is 6.07 Å². The van der Waals surface area contributed by atoms with Gasteiger partial charge in [-0.15, -0.1) is 0 Å². The summed E-state index contributed by atoms with van der Waals surface area (Å²) < 4.78 is 49.3. The molecule has 0 atom stereocenters. The van der Waals surface area contributed by atoms with Crippen molar-refractivity contribution in [2.75, 3.05) is 7.11 Å². The molecular formula is C18H10F3NO3. The van der Waals surface area contributed by atoms with Gasteiger partial charge in [-0.25, -0.2) is 0 Å². The van der Waals surface area contributed by atoms with Gasteiger partial charge in [0.15, 0.2) is 5.43 Å². The molecule has 7 heteroatoms. The van der Waals surface area contributed by atoms with Crippen molar-refractivity contribution in [1.29, 1.82) is 5.26 Å². The molecule has 0 aliphatic carbocycles. The Hall–Kier alpha value is -3.27. The Labute approximate surface area is 139 Å². The molecule has 2 aromatic carbocycles. The first-order valence-electron chi connectivity index (χ1n) is 7.07. The van der Waals surface area contributed by atoms with Crippen LogP contribution in [0.5, 0.6) is 5.75 Å². The SMILES string of the molecule is COc1ccc2c(=O)cc(C(F)(F)F)oc2c1-c1cccc(C#N)c1. The number of hydrogen-bond acceptors (Lipinski definition) is 4. The van der Waals surface area contributed by atoms with E-state index in [2.05, 4.69) is 0 Å². The lowest BCUT2D eigenvalue weighted by molar-refractivity contribution is -0.152. The minimum absolute atomic E-state index is 0.00818. The minimum atomic E-state index is -4.80. The number of ether oxygens (including phenoxy) is 1. The summed E-state index contributed by atoms with van der Waals surface area (Å²) in [5.41, 5.74) is -0.154. The Morgan fingerprint density at radius 2 is 1.92 bits per heavy atom. The molecule has 0 amide bonds. The van der Waals surface area contributed by atoms with Crippen LogP contribution in [-0.4, -0.2) is 7.11 Å². The summed E-state index contributed by atoms with van der Waals surface area (Å²) >= 11 is 0. The third-order valence-corrected chi connectivity index (χ3v) is 3.64. The maximum absolute atomic E-state index is 13.0. The fourth-order valence-corrected chi connectivity index (χ4v) is 2.53. The Kier molecular flexibility index (Phi) is 3.97. The van der Waals surface area contributed by atoms with Crippen LogP contribution in [0.2, 0.25) is 0 Å². The molecule has 0 aliphatic heterocycles. The number of halogens is 3. The van der Waals surface area contributed by atoms with E-state index >= 15 is 0 Å². The second-order valence-corrected chi connectivity index (χ2v) is 5.18. The summed E-state index contributed by atoms with van der Waals surface area (Å²) in [4.78, 5) is 12.1. The van der Waals surface area contributed by atoms with Gasteiger partial charge in [-0.2, -0.15) is 18.4 Å². The quantitative estimate of drug-likeness (QED) is 0.692. The number of fused-ring (bicyclic) bond motifs is 1. The Balaban J connectivity index is 2.44. The van der Waals surface area contributed by atoms with Crippen LogP contribution in [0.25, 0.3) is 22.1 Å². The van der Waals surface area contributed by atoms with Crippen LogP contribution < -0.4 is 10.2 Å². The lowest BCUT2D eigenvalue weighted by Gasteiger charge is -2.13. The Bertz CT molecular complexity index is 1060. The number of alkyl halides is 3. The number of methoxy groups -OCH3 is 1. The van der Waals surface area contributed by atoms with Gasteiger partial charge in [0.05, 0.1) is 29.7 Å². The third kappa shape index (κ3) is 2.94. The molecule has 126 valence electrons. The molecule has 0 saturated carbocycles. The summed E-state index contributed by atoms with van der Waals surface area (Å²) in [6, 6.07) is 11.4. The van der Waals surface area contributed by atoms with Gasteiger partial charge < -0.3 is 9.15 Å². The number of benzene rings is 2.